The van der Waals surface area contributed by atoms with Gasteiger partial charge in [0, 0.05) is 26.1 Å². The predicted molar refractivity (Wildman–Crippen MR) is 74.2 cm³/mol. The zero-order valence-corrected chi connectivity index (χ0v) is 12.7. The number of hydrogen-bond acceptors (Lipinski definition) is 4. The van der Waals surface area contributed by atoms with Gasteiger partial charge in [0.25, 0.3) is 5.91 Å². The SMILES string of the molecule is CC(CN1CCOCC1)C(=O)N(F)CCC[N+](C)(C)[O-]. The van der Waals surface area contributed by atoms with Crippen molar-refractivity contribution in [2.45, 2.75) is 13.3 Å². The van der Waals surface area contributed by atoms with Crippen LogP contribution in [0.5, 0.6) is 0 Å². The zero-order valence-electron chi connectivity index (χ0n) is 12.7. The van der Waals surface area contributed by atoms with Crippen molar-refractivity contribution >= 4 is 5.91 Å². The predicted octanol–water partition coefficient (Wildman–Crippen LogP) is 0.632. The summed E-state index contributed by atoms with van der Waals surface area (Å²) >= 11 is 0. The van der Waals surface area contributed by atoms with Gasteiger partial charge in [-0.2, -0.15) is 5.12 Å². The molecule has 0 aromatic rings. The van der Waals surface area contributed by atoms with E-state index in [9.17, 15) is 14.5 Å². The van der Waals surface area contributed by atoms with E-state index in [0.717, 1.165) is 13.1 Å². The van der Waals surface area contributed by atoms with Crippen molar-refractivity contribution in [2.75, 3.05) is 60.0 Å². The van der Waals surface area contributed by atoms with Gasteiger partial charge in [-0.25, -0.2) is 0 Å². The smallest absolute Gasteiger partial charge is 0.254 e. The Balaban J connectivity index is 2.27. The van der Waals surface area contributed by atoms with Gasteiger partial charge in [-0.3, -0.25) is 9.69 Å². The third kappa shape index (κ3) is 6.60. The van der Waals surface area contributed by atoms with E-state index < -0.39 is 10.6 Å². The molecule has 6 nitrogen and oxygen atoms in total. The molecule has 1 unspecified atom stereocenters. The van der Waals surface area contributed by atoms with E-state index in [1.165, 1.54) is 14.1 Å². The summed E-state index contributed by atoms with van der Waals surface area (Å²) in [6.07, 6.45) is 0.364. The number of ether oxygens (including phenoxy) is 1. The number of halogens is 1. The van der Waals surface area contributed by atoms with E-state index >= 15 is 0 Å². The van der Waals surface area contributed by atoms with Crippen molar-refractivity contribution < 1.29 is 18.7 Å². The Hall–Kier alpha value is -0.760. The highest BCUT2D eigenvalue weighted by molar-refractivity contribution is 5.77. The molecule has 0 spiro atoms. The molecule has 118 valence electrons. The molecule has 1 saturated heterocycles. The van der Waals surface area contributed by atoms with Gasteiger partial charge in [-0.15, -0.1) is 0 Å². The monoisotopic (exact) mass is 291 g/mol. The van der Waals surface area contributed by atoms with Crippen LogP contribution in [-0.2, 0) is 9.53 Å². The van der Waals surface area contributed by atoms with E-state index in [0.29, 0.717) is 32.7 Å². The van der Waals surface area contributed by atoms with Crippen molar-refractivity contribution in [1.82, 2.24) is 10.0 Å². The Bertz CT molecular complexity index is 304. The van der Waals surface area contributed by atoms with Crippen LogP contribution in [0.4, 0.5) is 4.48 Å². The molecule has 0 bridgehead atoms. The zero-order chi connectivity index (χ0) is 15.2. The molecule has 1 heterocycles. The van der Waals surface area contributed by atoms with Crippen molar-refractivity contribution in [3.8, 4) is 0 Å². The van der Waals surface area contributed by atoms with Crippen LogP contribution in [0.15, 0.2) is 0 Å². The van der Waals surface area contributed by atoms with Crippen molar-refractivity contribution in [3.05, 3.63) is 5.21 Å². The quantitative estimate of drug-likeness (QED) is 0.392. The maximum absolute atomic E-state index is 13.7. The molecule has 20 heavy (non-hydrogen) atoms. The van der Waals surface area contributed by atoms with Crippen molar-refractivity contribution in [2.24, 2.45) is 5.92 Å². The number of quaternary nitrogens is 1. The molecule has 7 heteroatoms. The molecule has 1 atom stereocenters. The highest BCUT2D eigenvalue weighted by atomic mass is 19.2. The summed E-state index contributed by atoms with van der Waals surface area (Å²) in [5, 5.41) is 11.6. The Morgan fingerprint density at radius 1 is 1.45 bits per heavy atom. The highest BCUT2D eigenvalue weighted by Gasteiger charge is 2.23. The van der Waals surface area contributed by atoms with Crippen LogP contribution < -0.4 is 0 Å². The van der Waals surface area contributed by atoms with E-state index in [-0.39, 0.29) is 17.6 Å². The molecule has 1 aliphatic rings. The van der Waals surface area contributed by atoms with Crippen LogP contribution in [0.25, 0.3) is 0 Å². The molecule has 1 rings (SSSR count). The van der Waals surface area contributed by atoms with Gasteiger partial charge in [0.1, 0.15) is 0 Å². The summed E-state index contributed by atoms with van der Waals surface area (Å²) < 4.78 is 18.5. The molecule has 0 saturated carbocycles. The van der Waals surface area contributed by atoms with Crippen LogP contribution >= 0.6 is 0 Å². The highest BCUT2D eigenvalue weighted by Crippen LogP contribution is 2.09. The lowest BCUT2D eigenvalue weighted by atomic mass is 10.1. The second-order valence-electron chi connectivity index (χ2n) is 5.89. The fourth-order valence-electron chi connectivity index (χ4n) is 2.19. The molecule has 1 fully saturated rings. The van der Waals surface area contributed by atoms with Crippen LogP contribution in [0.1, 0.15) is 13.3 Å². The van der Waals surface area contributed by atoms with Gasteiger partial charge >= 0.3 is 0 Å². The lowest BCUT2D eigenvalue weighted by Crippen LogP contribution is -2.43. The number of hydrogen-bond donors (Lipinski definition) is 0. The average Bonchev–Trinajstić information content (AvgIpc) is 2.37. The summed E-state index contributed by atoms with van der Waals surface area (Å²) in [5.41, 5.74) is 0. The van der Waals surface area contributed by atoms with Gasteiger partial charge in [0.15, 0.2) is 0 Å². The maximum atomic E-state index is 13.7. The summed E-state index contributed by atoms with van der Waals surface area (Å²) in [7, 11) is 3.01. The number of hydroxylamine groups is 3. The fourth-order valence-corrected chi connectivity index (χ4v) is 2.19. The Morgan fingerprint density at radius 2 is 2.05 bits per heavy atom. The Kier molecular flexibility index (Phi) is 6.81. The largest absolute Gasteiger partial charge is 0.633 e. The molecule has 0 N–H and O–H groups in total. The van der Waals surface area contributed by atoms with Gasteiger partial charge in [-0.05, 0) is 0 Å². The van der Waals surface area contributed by atoms with E-state index in [1.807, 2.05) is 0 Å². The second kappa shape index (κ2) is 7.87. The number of carbonyl (C=O) groups is 1. The summed E-state index contributed by atoms with van der Waals surface area (Å²) in [6.45, 7) is 5.45. The first kappa shape index (κ1) is 17.3. The maximum Gasteiger partial charge on any atom is 0.254 e. The van der Waals surface area contributed by atoms with Gasteiger partial charge in [-0.1, -0.05) is 11.4 Å². The standard InChI is InChI=1S/C13H26FN3O3/c1-12(11-15-6-9-20-10-7-15)13(18)16(14)5-4-8-17(2,3)19/h12H,4-11H2,1-3H3. The number of nitrogens with zero attached hydrogens (tertiary/aromatic N) is 3. The van der Waals surface area contributed by atoms with Gasteiger partial charge in [0.05, 0.1) is 46.3 Å². The Morgan fingerprint density at radius 3 is 2.60 bits per heavy atom. The van der Waals surface area contributed by atoms with Crippen LogP contribution in [0.2, 0.25) is 0 Å². The molecular formula is C13H26FN3O3. The molecule has 0 aromatic carbocycles. The molecule has 1 aliphatic heterocycles. The number of amides is 1. The Labute approximate surface area is 120 Å². The average molecular weight is 291 g/mol. The first-order valence-electron chi connectivity index (χ1n) is 7.11. The minimum Gasteiger partial charge on any atom is -0.633 e. The summed E-state index contributed by atoms with van der Waals surface area (Å²) in [6, 6.07) is 0. The minimum absolute atomic E-state index is 0.0177. The van der Waals surface area contributed by atoms with Gasteiger partial charge in [0.2, 0.25) is 0 Å². The third-order valence-corrected chi connectivity index (χ3v) is 3.35. The normalized spacial score (nSPS) is 18.9. The number of carbonyl (C=O) groups excluding carboxylic acids is 1. The summed E-state index contributed by atoms with van der Waals surface area (Å²) in [5.74, 6) is -0.888. The van der Waals surface area contributed by atoms with Crippen LogP contribution in [-0.4, -0.2) is 80.6 Å². The number of rotatable bonds is 7. The molecular weight excluding hydrogens is 265 g/mol. The topological polar surface area (TPSA) is 55.8 Å². The minimum atomic E-state index is -0.507. The molecule has 0 radical (unpaired) electrons. The van der Waals surface area contributed by atoms with Gasteiger partial charge < -0.3 is 14.6 Å². The van der Waals surface area contributed by atoms with Crippen molar-refractivity contribution in [1.29, 1.82) is 0 Å². The third-order valence-electron chi connectivity index (χ3n) is 3.35. The molecule has 1 amide bonds. The lowest BCUT2D eigenvalue weighted by Gasteiger charge is -2.34. The van der Waals surface area contributed by atoms with Crippen LogP contribution in [0.3, 0.4) is 0 Å². The first-order chi connectivity index (χ1) is 9.29. The molecule has 0 aromatic heterocycles. The van der Waals surface area contributed by atoms with Crippen molar-refractivity contribution in [3.63, 3.8) is 0 Å². The van der Waals surface area contributed by atoms with E-state index in [2.05, 4.69) is 4.90 Å². The fraction of sp³-hybridized carbons (Fsp3) is 0.923. The summed E-state index contributed by atoms with van der Waals surface area (Å²) in [4.78, 5) is 14.0. The lowest BCUT2D eigenvalue weighted by molar-refractivity contribution is -0.840. The second-order valence-corrected chi connectivity index (χ2v) is 5.89. The van der Waals surface area contributed by atoms with E-state index in [4.69, 9.17) is 4.74 Å². The molecule has 0 aliphatic carbocycles. The first-order valence-corrected chi connectivity index (χ1v) is 7.11. The van der Waals surface area contributed by atoms with Crippen LogP contribution in [0, 0.1) is 11.1 Å². The number of morpholine rings is 1. The van der Waals surface area contributed by atoms with E-state index in [1.54, 1.807) is 6.92 Å².